The van der Waals surface area contributed by atoms with Crippen molar-refractivity contribution < 1.29 is 14.6 Å². The molecule has 0 amide bonds. The van der Waals surface area contributed by atoms with Crippen LogP contribution in [0.15, 0.2) is 48.5 Å². The average molecular weight is 389 g/mol. The normalized spacial score (nSPS) is 10.5. The minimum absolute atomic E-state index is 0.0928. The molecule has 7 heteroatoms. The number of anilines is 2. The van der Waals surface area contributed by atoms with Gasteiger partial charge in [0, 0.05) is 15.5 Å². The SMILES string of the molecule is CCOc1ccccc1Nc1nc(-c2ccc(Cl)cc2)c(CC(=O)O)s1. The topological polar surface area (TPSA) is 71.5 Å². The number of hydrogen-bond donors (Lipinski definition) is 2. The van der Waals surface area contributed by atoms with E-state index in [9.17, 15) is 9.90 Å². The van der Waals surface area contributed by atoms with Crippen molar-refractivity contribution in [3.8, 4) is 17.0 Å². The van der Waals surface area contributed by atoms with Crippen LogP contribution in [-0.2, 0) is 11.2 Å². The standard InChI is InChI=1S/C19H17ClN2O3S/c1-2-25-15-6-4-3-5-14(15)21-19-22-18(16(26-19)11-17(23)24)12-7-9-13(20)10-8-12/h3-10H,2,11H2,1H3,(H,21,22)(H,23,24). The molecule has 0 spiro atoms. The van der Waals surface area contributed by atoms with E-state index in [1.165, 1.54) is 11.3 Å². The molecule has 0 saturated carbocycles. The van der Waals surface area contributed by atoms with Crippen molar-refractivity contribution >= 4 is 39.7 Å². The van der Waals surface area contributed by atoms with E-state index in [2.05, 4.69) is 10.3 Å². The molecule has 0 aliphatic rings. The van der Waals surface area contributed by atoms with E-state index >= 15 is 0 Å². The van der Waals surface area contributed by atoms with E-state index in [4.69, 9.17) is 16.3 Å². The summed E-state index contributed by atoms with van der Waals surface area (Å²) >= 11 is 7.26. The Morgan fingerprint density at radius 3 is 2.65 bits per heavy atom. The van der Waals surface area contributed by atoms with Gasteiger partial charge in [0.1, 0.15) is 5.75 Å². The number of aliphatic carboxylic acids is 1. The van der Waals surface area contributed by atoms with Crippen LogP contribution in [0, 0.1) is 0 Å². The van der Waals surface area contributed by atoms with Crippen molar-refractivity contribution in [3.63, 3.8) is 0 Å². The fraction of sp³-hybridized carbons (Fsp3) is 0.158. The highest BCUT2D eigenvalue weighted by Gasteiger charge is 2.17. The van der Waals surface area contributed by atoms with Gasteiger partial charge in [-0.3, -0.25) is 4.79 Å². The molecule has 3 rings (SSSR count). The zero-order chi connectivity index (χ0) is 18.5. The zero-order valence-corrected chi connectivity index (χ0v) is 15.6. The number of aromatic nitrogens is 1. The maximum atomic E-state index is 11.2. The van der Waals surface area contributed by atoms with E-state index in [0.29, 0.717) is 27.3 Å². The third-order valence-corrected chi connectivity index (χ3v) is 4.78. The number of nitrogens with one attached hydrogen (secondary N) is 1. The summed E-state index contributed by atoms with van der Waals surface area (Å²) in [7, 11) is 0. The first-order valence-corrected chi connectivity index (χ1v) is 9.22. The molecular weight excluding hydrogens is 372 g/mol. The first-order chi connectivity index (χ1) is 12.6. The Bertz CT molecular complexity index is 909. The molecule has 0 radical (unpaired) electrons. The summed E-state index contributed by atoms with van der Waals surface area (Å²) in [6.07, 6.45) is -0.0928. The Balaban J connectivity index is 1.96. The molecule has 0 atom stereocenters. The Morgan fingerprint density at radius 1 is 1.23 bits per heavy atom. The van der Waals surface area contributed by atoms with Crippen LogP contribution in [0.2, 0.25) is 5.02 Å². The monoisotopic (exact) mass is 388 g/mol. The lowest BCUT2D eigenvalue weighted by molar-refractivity contribution is -0.136. The molecule has 0 aliphatic heterocycles. The number of ether oxygens (including phenoxy) is 1. The van der Waals surface area contributed by atoms with Gasteiger partial charge in [0.05, 0.1) is 24.4 Å². The quantitative estimate of drug-likeness (QED) is 0.579. The van der Waals surface area contributed by atoms with Gasteiger partial charge in [-0.2, -0.15) is 0 Å². The van der Waals surface area contributed by atoms with Crippen molar-refractivity contribution in [1.29, 1.82) is 0 Å². The lowest BCUT2D eigenvalue weighted by Crippen LogP contribution is -1.99. The summed E-state index contributed by atoms with van der Waals surface area (Å²) in [4.78, 5) is 16.5. The average Bonchev–Trinajstić information content (AvgIpc) is 2.99. The third-order valence-electron chi connectivity index (χ3n) is 3.56. The van der Waals surface area contributed by atoms with Crippen LogP contribution in [0.3, 0.4) is 0 Å². The number of thiazole rings is 1. The minimum atomic E-state index is -0.898. The fourth-order valence-corrected chi connectivity index (χ4v) is 3.58. The molecule has 2 aromatic carbocycles. The first-order valence-electron chi connectivity index (χ1n) is 8.03. The Labute approximate surface area is 160 Å². The smallest absolute Gasteiger partial charge is 0.308 e. The highest BCUT2D eigenvalue weighted by Crippen LogP contribution is 2.35. The number of benzene rings is 2. The number of carboxylic acid groups (broad SMARTS) is 1. The highest BCUT2D eigenvalue weighted by atomic mass is 35.5. The van der Waals surface area contributed by atoms with E-state index in [1.807, 2.05) is 43.3 Å². The predicted octanol–water partition coefficient (Wildman–Crippen LogP) is 5.23. The molecule has 1 aromatic heterocycles. The Morgan fingerprint density at radius 2 is 1.96 bits per heavy atom. The number of para-hydroxylation sites is 2. The first kappa shape index (κ1) is 18.2. The predicted molar refractivity (Wildman–Crippen MR) is 105 cm³/mol. The number of hydrogen-bond acceptors (Lipinski definition) is 5. The molecule has 1 heterocycles. The molecule has 0 bridgehead atoms. The van der Waals surface area contributed by atoms with E-state index in [0.717, 1.165) is 17.0 Å². The molecule has 0 saturated heterocycles. The van der Waals surface area contributed by atoms with Crippen molar-refractivity contribution in [1.82, 2.24) is 4.98 Å². The second kappa shape index (κ2) is 8.21. The van der Waals surface area contributed by atoms with Gasteiger partial charge in [0.25, 0.3) is 0 Å². The van der Waals surface area contributed by atoms with Crippen LogP contribution < -0.4 is 10.1 Å². The summed E-state index contributed by atoms with van der Waals surface area (Å²) in [6.45, 7) is 2.47. The van der Waals surface area contributed by atoms with E-state index in [-0.39, 0.29) is 6.42 Å². The lowest BCUT2D eigenvalue weighted by atomic mass is 10.1. The zero-order valence-electron chi connectivity index (χ0n) is 14.0. The molecule has 5 nitrogen and oxygen atoms in total. The van der Waals surface area contributed by atoms with Crippen molar-refractivity contribution in [2.24, 2.45) is 0 Å². The van der Waals surface area contributed by atoms with Gasteiger partial charge in [0.15, 0.2) is 5.13 Å². The molecule has 0 aliphatic carbocycles. The van der Waals surface area contributed by atoms with Gasteiger partial charge in [0.2, 0.25) is 0 Å². The van der Waals surface area contributed by atoms with Crippen molar-refractivity contribution in [2.75, 3.05) is 11.9 Å². The Kier molecular flexibility index (Phi) is 5.75. The van der Waals surface area contributed by atoms with Gasteiger partial charge >= 0.3 is 5.97 Å². The second-order valence-corrected chi connectivity index (χ2v) is 6.94. The fourth-order valence-electron chi connectivity index (χ4n) is 2.46. The van der Waals surface area contributed by atoms with Gasteiger partial charge in [-0.25, -0.2) is 4.98 Å². The number of halogens is 1. The van der Waals surface area contributed by atoms with Crippen LogP contribution in [0.5, 0.6) is 5.75 Å². The molecular formula is C19H17ClN2O3S. The van der Waals surface area contributed by atoms with Gasteiger partial charge < -0.3 is 15.2 Å². The van der Waals surface area contributed by atoms with E-state index < -0.39 is 5.97 Å². The number of carbonyl (C=O) groups is 1. The van der Waals surface area contributed by atoms with Gasteiger partial charge in [-0.15, -0.1) is 11.3 Å². The van der Waals surface area contributed by atoms with E-state index in [1.54, 1.807) is 12.1 Å². The summed E-state index contributed by atoms with van der Waals surface area (Å²) in [6, 6.07) is 14.8. The van der Waals surface area contributed by atoms with Gasteiger partial charge in [-0.05, 0) is 31.2 Å². The van der Waals surface area contributed by atoms with Crippen LogP contribution in [0.25, 0.3) is 11.3 Å². The lowest BCUT2D eigenvalue weighted by Gasteiger charge is -2.09. The third kappa shape index (κ3) is 4.33. The minimum Gasteiger partial charge on any atom is -0.492 e. The summed E-state index contributed by atoms with van der Waals surface area (Å²) in [5.41, 5.74) is 2.26. The number of rotatable bonds is 7. The molecule has 2 N–H and O–H groups in total. The largest absolute Gasteiger partial charge is 0.492 e. The second-order valence-electron chi connectivity index (χ2n) is 5.42. The number of carboxylic acids is 1. The molecule has 0 unspecified atom stereocenters. The summed E-state index contributed by atoms with van der Waals surface area (Å²) in [5.74, 6) is -0.178. The Hall–Kier alpha value is -2.57. The van der Waals surface area contributed by atoms with Crippen LogP contribution in [-0.4, -0.2) is 22.7 Å². The summed E-state index contributed by atoms with van der Waals surface area (Å²) in [5, 5.41) is 13.7. The maximum absolute atomic E-state index is 11.2. The number of nitrogens with zero attached hydrogens (tertiary/aromatic N) is 1. The summed E-state index contributed by atoms with van der Waals surface area (Å²) < 4.78 is 5.61. The van der Waals surface area contributed by atoms with Crippen molar-refractivity contribution in [3.05, 3.63) is 58.4 Å². The van der Waals surface area contributed by atoms with Crippen LogP contribution in [0.4, 0.5) is 10.8 Å². The molecule has 134 valence electrons. The van der Waals surface area contributed by atoms with Crippen molar-refractivity contribution in [2.45, 2.75) is 13.3 Å². The van der Waals surface area contributed by atoms with Crippen LogP contribution in [0.1, 0.15) is 11.8 Å². The van der Waals surface area contributed by atoms with Gasteiger partial charge in [-0.1, -0.05) is 35.9 Å². The molecule has 3 aromatic rings. The van der Waals surface area contributed by atoms with Crippen LogP contribution >= 0.6 is 22.9 Å². The maximum Gasteiger partial charge on any atom is 0.308 e. The highest BCUT2D eigenvalue weighted by molar-refractivity contribution is 7.16. The molecule has 26 heavy (non-hydrogen) atoms. The molecule has 0 fully saturated rings.